The minimum absolute atomic E-state index is 0.471. The van der Waals surface area contributed by atoms with Gasteiger partial charge in [-0.1, -0.05) is 109 Å². The molecule has 1 aromatic heterocycles. The zero-order valence-corrected chi connectivity index (χ0v) is 17.5. The molecule has 1 heterocycles. The van der Waals surface area contributed by atoms with Crippen molar-refractivity contribution >= 4 is 0 Å². The van der Waals surface area contributed by atoms with E-state index < -0.39 is 5.41 Å². The van der Waals surface area contributed by atoms with Crippen LogP contribution in [0, 0.1) is 6.92 Å². The zero-order chi connectivity index (χ0) is 21.1. The van der Waals surface area contributed by atoms with E-state index in [1.165, 1.54) is 22.3 Å². The molecular weight excluding hydrogens is 376 g/mol. The molecule has 0 spiro atoms. The van der Waals surface area contributed by atoms with Gasteiger partial charge in [0.2, 0.25) is 0 Å². The summed E-state index contributed by atoms with van der Waals surface area (Å²) in [6.07, 6.45) is 2.04. The summed E-state index contributed by atoms with van der Waals surface area (Å²) in [7, 11) is 0. The standard InChI is InChI=1S/C29H24N2/c1-23-28(22-30-31(23)27-20-12-5-13-21-27)29(24-14-6-2-7-15-24,25-16-8-3-9-17-25)26-18-10-4-11-19-26/h2-22H,1H3. The number of nitrogens with zero attached hydrogens (tertiary/aromatic N) is 2. The number of para-hydroxylation sites is 1. The molecule has 0 aliphatic carbocycles. The predicted octanol–water partition coefficient (Wildman–Crippen LogP) is 6.56. The maximum atomic E-state index is 4.85. The summed E-state index contributed by atoms with van der Waals surface area (Å²) in [4.78, 5) is 0. The number of hydrogen-bond donors (Lipinski definition) is 0. The summed E-state index contributed by atoms with van der Waals surface area (Å²) >= 11 is 0. The second kappa shape index (κ2) is 8.08. The summed E-state index contributed by atoms with van der Waals surface area (Å²) < 4.78 is 2.04. The van der Waals surface area contributed by atoms with Crippen LogP contribution >= 0.6 is 0 Å². The van der Waals surface area contributed by atoms with Crippen LogP contribution in [0.2, 0.25) is 0 Å². The Labute approximate surface area is 183 Å². The SMILES string of the molecule is Cc1c(C(c2ccccc2)(c2ccccc2)c2ccccc2)cnn1-c1ccccc1. The lowest BCUT2D eigenvalue weighted by Gasteiger charge is -2.36. The van der Waals surface area contributed by atoms with E-state index in [9.17, 15) is 0 Å². The maximum Gasteiger partial charge on any atom is 0.0735 e. The van der Waals surface area contributed by atoms with Gasteiger partial charge < -0.3 is 0 Å². The minimum Gasteiger partial charge on any atom is -0.238 e. The van der Waals surface area contributed by atoms with Crippen molar-refractivity contribution < 1.29 is 0 Å². The highest BCUT2D eigenvalue weighted by Crippen LogP contribution is 2.46. The van der Waals surface area contributed by atoms with E-state index in [4.69, 9.17) is 5.10 Å². The van der Waals surface area contributed by atoms with E-state index in [0.29, 0.717) is 0 Å². The summed E-state index contributed by atoms with van der Waals surface area (Å²) in [6.45, 7) is 2.17. The molecular formula is C29H24N2. The van der Waals surface area contributed by atoms with Gasteiger partial charge in [0.1, 0.15) is 0 Å². The van der Waals surface area contributed by atoms with Gasteiger partial charge in [-0.3, -0.25) is 0 Å². The Morgan fingerprint density at radius 3 is 1.35 bits per heavy atom. The van der Waals surface area contributed by atoms with E-state index in [-0.39, 0.29) is 0 Å². The van der Waals surface area contributed by atoms with Crippen molar-refractivity contribution in [1.29, 1.82) is 0 Å². The number of aromatic nitrogens is 2. The lowest BCUT2D eigenvalue weighted by atomic mass is 9.65. The molecule has 0 unspecified atom stereocenters. The molecule has 0 saturated heterocycles. The Kier molecular flexibility index (Phi) is 4.97. The Hall–Kier alpha value is -3.91. The largest absolute Gasteiger partial charge is 0.238 e. The smallest absolute Gasteiger partial charge is 0.0735 e. The van der Waals surface area contributed by atoms with E-state index in [1.54, 1.807) is 0 Å². The number of rotatable bonds is 5. The third-order valence-corrected chi connectivity index (χ3v) is 6.03. The molecule has 0 atom stereocenters. The molecule has 0 aliphatic heterocycles. The zero-order valence-electron chi connectivity index (χ0n) is 17.5. The van der Waals surface area contributed by atoms with Crippen LogP contribution < -0.4 is 0 Å². The summed E-state index contributed by atoms with van der Waals surface area (Å²) in [5.41, 5.74) is 6.58. The molecule has 150 valence electrons. The van der Waals surface area contributed by atoms with Crippen LogP contribution in [0.5, 0.6) is 0 Å². The van der Waals surface area contributed by atoms with Crippen LogP contribution in [0.25, 0.3) is 5.69 Å². The molecule has 0 bridgehead atoms. The van der Waals surface area contributed by atoms with Crippen LogP contribution in [0.3, 0.4) is 0 Å². The lowest BCUT2D eigenvalue weighted by Crippen LogP contribution is -2.31. The summed E-state index contributed by atoms with van der Waals surface area (Å²) in [5, 5.41) is 4.85. The first-order valence-electron chi connectivity index (χ1n) is 10.6. The fourth-order valence-corrected chi connectivity index (χ4v) is 4.64. The first-order valence-corrected chi connectivity index (χ1v) is 10.6. The third-order valence-electron chi connectivity index (χ3n) is 6.03. The Morgan fingerprint density at radius 2 is 0.935 bits per heavy atom. The maximum absolute atomic E-state index is 4.85. The molecule has 0 fully saturated rings. The topological polar surface area (TPSA) is 17.8 Å². The van der Waals surface area contributed by atoms with Gasteiger partial charge in [-0.2, -0.15) is 5.10 Å². The molecule has 31 heavy (non-hydrogen) atoms. The van der Waals surface area contributed by atoms with Crippen molar-refractivity contribution in [2.75, 3.05) is 0 Å². The molecule has 2 heteroatoms. The van der Waals surface area contributed by atoms with Gasteiger partial charge >= 0.3 is 0 Å². The first-order chi connectivity index (χ1) is 15.3. The van der Waals surface area contributed by atoms with Crippen LogP contribution in [-0.4, -0.2) is 9.78 Å². The molecule has 0 amide bonds. The molecule has 0 aliphatic rings. The molecule has 4 aromatic carbocycles. The van der Waals surface area contributed by atoms with Crippen molar-refractivity contribution in [3.05, 3.63) is 155 Å². The van der Waals surface area contributed by atoms with Gasteiger partial charge in [0, 0.05) is 11.3 Å². The fourth-order valence-electron chi connectivity index (χ4n) is 4.64. The number of hydrogen-bond acceptors (Lipinski definition) is 1. The van der Waals surface area contributed by atoms with Crippen molar-refractivity contribution in [1.82, 2.24) is 9.78 Å². The third kappa shape index (κ3) is 3.17. The quantitative estimate of drug-likeness (QED) is 0.305. The second-order valence-corrected chi connectivity index (χ2v) is 7.74. The van der Waals surface area contributed by atoms with Gasteiger partial charge in [0.25, 0.3) is 0 Å². The Balaban J connectivity index is 1.87. The van der Waals surface area contributed by atoms with Crippen molar-refractivity contribution in [3.8, 4) is 5.69 Å². The highest BCUT2D eigenvalue weighted by molar-refractivity contribution is 5.60. The summed E-state index contributed by atoms with van der Waals surface area (Å²) in [6, 6.07) is 42.6. The highest BCUT2D eigenvalue weighted by Gasteiger charge is 2.40. The number of benzene rings is 4. The van der Waals surface area contributed by atoms with Crippen LogP contribution in [0.15, 0.2) is 128 Å². The van der Waals surface area contributed by atoms with Gasteiger partial charge in [-0.05, 0) is 35.7 Å². The van der Waals surface area contributed by atoms with Crippen LogP contribution in [0.1, 0.15) is 27.9 Å². The average Bonchev–Trinajstić information content (AvgIpc) is 3.24. The lowest BCUT2D eigenvalue weighted by molar-refractivity contribution is 0.734. The van der Waals surface area contributed by atoms with Gasteiger partial charge in [-0.15, -0.1) is 0 Å². The van der Waals surface area contributed by atoms with E-state index >= 15 is 0 Å². The molecule has 5 aromatic rings. The molecule has 0 radical (unpaired) electrons. The van der Waals surface area contributed by atoms with E-state index in [0.717, 1.165) is 11.4 Å². The van der Waals surface area contributed by atoms with Gasteiger partial charge in [-0.25, -0.2) is 4.68 Å². The minimum atomic E-state index is -0.471. The second-order valence-electron chi connectivity index (χ2n) is 7.74. The monoisotopic (exact) mass is 400 g/mol. The predicted molar refractivity (Wildman–Crippen MR) is 127 cm³/mol. The van der Waals surface area contributed by atoms with Gasteiger partial charge in [0.05, 0.1) is 17.3 Å². The molecule has 0 N–H and O–H groups in total. The molecule has 5 rings (SSSR count). The normalized spacial score (nSPS) is 11.4. The first kappa shape index (κ1) is 19.1. The van der Waals surface area contributed by atoms with Gasteiger partial charge in [0.15, 0.2) is 0 Å². The van der Waals surface area contributed by atoms with Crippen LogP contribution in [0.4, 0.5) is 0 Å². The fraction of sp³-hybridized carbons (Fsp3) is 0.0690. The highest BCUT2D eigenvalue weighted by atomic mass is 15.3. The van der Waals surface area contributed by atoms with Crippen LogP contribution in [-0.2, 0) is 5.41 Å². The van der Waals surface area contributed by atoms with Crippen molar-refractivity contribution in [2.24, 2.45) is 0 Å². The van der Waals surface area contributed by atoms with E-state index in [2.05, 4.69) is 122 Å². The Bertz CT molecular complexity index is 1160. The molecule has 0 saturated carbocycles. The van der Waals surface area contributed by atoms with Crippen molar-refractivity contribution in [3.63, 3.8) is 0 Å². The van der Waals surface area contributed by atoms with E-state index in [1.807, 2.05) is 16.9 Å². The Morgan fingerprint density at radius 1 is 0.548 bits per heavy atom. The summed E-state index contributed by atoms with van der Waals surface area (Å²) in [5.74, 6) is 0. The van der Waals surface area contributed by atoms with Crippen molar-refractivity contribution in [2.45, 2.75) is 12.3 Å². The average molecular weight is 401 g/mol. The molecule has 2 nitrogen and oxygen atoms in total.